The smallest absolute Gasteiger partial charge is 0.423 e. The first-order valence-electron chi connectivity index (χ1n) is 12.4. The van der Waals surface area contributed by atoms with Crippen LogP contribution >= 0.6 is 23.2 Å². The molecule has 9 nitrogen and oxygen atoms in total. The average Bonchev–Trinajstić information content (AvgIpc) is 3.27. The number of hydrogen-bond acceptors (Lipinski definition) is 7. The third-order valence-electron chi connectivity index (χ3n) is 8.50. The van der Waals surface area contributed by atoms with Gasteiger partial charge in [0.05, 0.1) is 24.6 Å². The fourth-order valence-corrected chi connectivity index (χ4v) is 7.67. The number of fused-ring (bicyclic) bond motifs is 4. The van der Waals surface area contributed by atoms with E-state index in [4.69, 9.17) is 23.2 Å². The molecule has 0 unspecified atom stereocenters. The van der Waals surface area contributed by atoms with E-state index < -0.39 is 69.0 Å². The predicted molar refractivity (Wildman–Crippen MR) is 139 cm³/mol. The molecule has 2 aliphatic heterocycles. The number of para-hydroxylation sites is 1. The van der Waals surface area contributed by atoms with Crippen LogP contribution in [0.3, 0.4) is 0 Å². The van der Waals surface area contributed by atoms with Crippen LogP contribution < -0.4 is 4.90 Å². The summed E-state index contributed by atoms with van der Waals surface area (Å²) in [5, 5.41) is 10.9. The number of phenols is 1. The Morgan fingerprint density at radius 1 is 1.00 bits per heavy atom. The van der Waals surface area contributed by atoms with E-state index in [-0.39, 0.29) is 29.8 Å². The van der Waals surface area contributed by atoms with Crippen LogP contribution in [0.2, 0.25) is 0 Å². The van der Waals surface area contributed by atoms with Crippen LogP contribution in [-0.2, 0) is 23.9 Å². The van der Waals surface area contributed by atoms with Gasteiger partial charge in [-0.3, -0.25) is 19.2 Å². The molecule has 2 aliphatic carbocycles. The summed E-state index contributed by atoms with van der Waals surface area (Å²) in [7, 11) is 1.05. The number of halogens is 3. The van der Waals surface area contributed by atoms with Gasteiger partial charge in [0.15, 0.2) is 9.75 Å². The molecule has 2 saturated heterocycles. The number of imide groups is 4. The molecule has 12 heteroatoms. The summed E-state index contributed by atoms with van der Waals surface area (Å²) in [4.78, 5) is 64.1. The Morgan fingerprint density at radius 3 is 2.33 bits per heavy atom. The van der Waals surface area contributed by atoms with Crippen LogP contribution in [-0.4, -0.2) is 56.6 Å². The van der Waals surface area contributed by atoms with Gasteiger partial charge in [0.2, 0.25) is 11.8 Å². The van der Waals surface area contributed by atoms with Crippen LogP contribution in [0, 0.1) is 23.6 Å². The van der Waals surface area contributed by atoms with Gasteiger partial charge in [0, 0.05) is 11.5 Å². The van der Waals surface area contributed by atoms with Crippen LogP contribution in [0.1, 0.15) is 24.3 Å². The van der Waals surface area contributed by atoms with Crippen molar-refractivity contribution in [2.45, 2.75) is 28.5 Å². The summed E-state index contributed by atoms with van der Waals surface area (Å²) in [6.07, 6.45) is 0.283. The van der Waals surface area contributed by atoms with Crippen molar-refractivity contribution in [3.63, 3.8) is 0 Å². The molecular formula is C28H21Cl2FN2O7. The lowest BCUT2D eigenvalue weighted by Crippen LogP contribution is -2.60. The minimum Gasteiger partial charge on any atom is -0.508 e. The number of benzene rings is 2. The molecule has 2 aromatic rings. The Morgan fingerprint density at radius 2 is 1.68 bits per heavy atom. The number of anilines is 1. The molecule has 0 bridgehead atoms. The second-order valence-electron chi connectivity index (χ2n) is 10.3. The highest BCUT2D eigenvalue weighted by molar-refractivity contribution is 6.58. The van der Waals surface area contributed by atoms with E-state index in [1.54, 1.807) is 18.2 Å². The first kappa shape index (κ1) is 26.5. The average molecular weight is 587 g/mol. The lowest BCUT2D eigenvalue weighted by atomic mass is 9.56. The number of aromatic hydroxyl groups is 1. The number of nitrogens with zero attached hydrogens (tertiary/aromatic N) is 2. The SMILES string of the molecule is COC(=O)N1C(=O)[C@H]2[C@H](CC=C3[C@H]2C[C@@]2(Cl)C(=O)N(c4ccc(F)cc4)C(=O)[C@@]2(Cl)[C@H]3c2ccccc2O)C1=O. The maximum atomic E-state index is 14.2. The highest BCUT2D eigenvalue weighted by Gasteiger charge is 2.77. The van der Waals surface area contributed by atoms with Crippen LogP contribution in [0.15, 0.2) is 60.2 Å². The van der Waals surface area contributed by atoms with Gasteiger partial charge in [-0.15, -0.1) is 23.2 Å². The molecule has 0 radical (unpaired) electrons. The van der Waals surface area contributed by atoms with Gasteiger partial charge in [-0.1, -0.05) is 29.8 Å². The third-order valence-corrected chi connectivity index (χ3v) is 9.91. The standard InChI is InChI=1S/C28H21Cl2FN2O7/c1-40-26(39)33-22(35)17-11-10-15-18(20(17)23(33)36)12-27(29)24(37)32(14-8-6-13(31)7-9-14)25(38)28(27,30)21(15)16-4-2-3-5-19(16)34/h2-10,17-18,20-21,34H,11-12H2,1H3/t17-,18+,20-,21+,27+,28-/m0/s1. The number of phenolic OH excluding ortho intramolecular Hbond substituents is 1. The Hall–Kier alpha value is -3.76. The molecule has 6 rings (SSSR count). The molecule has 4 aliphatic rings. The molecule has 6 atom stereocenters. The van der Waals surface area contributed by atoms with Crippen molar-refractivity contribution in [2.24, 2.45) is 17.8 Å². The Balaban J connectivity index is 1.56. The Labute approximate surface area is 237 Å². The maximum absolute atomic E-state index is 14.2. The van der Waals surface area contributed by atoms with Gasteiger partial charge >= 0.3 is 6.09 Å². The summed E-state index contributed by atoms with van der Waals surface area (Å²) >= 11 is 14.4. The van der Waals surface area contributed by atoms with E-state index in [0.29, 0.717) is 10.5 Å². The highest BCUT2D eigenvalue weighted by Crippen LogP contribution is 2.66. The molecule has 2 heterocycles. The van der Waals surface area contributed by atoms with Gasteiger partial charge in [-0.2, -0.15) is 4.90 Å². The molecule has 1 N–H and O–H groups in total. The van der Waals surface area contributed by atoms with Crippen LogP contribution in [0.25, 0.3) is 0 Å². The Bertz CT molecular complexity index is 1550. The van der Waals surface area contributed by atoms with Gasteiger partial charge in [-0.25, -0.2) is 14.1 Å². The van der Waals surface area contributed by atoms with Crippen molar-refractivity contribution in [3.8, 4) is 5.75 Å². The third kappa shape index (κ3) is 3.23. The summed E-state index contributed by atoms with van der Waals surface area (Å²) in [5.41, 5.74) is 0.685. The number of carbonyl (C=O) groups excluding carboxylic acids is 5. The van der Waals surface area contributed by atoms with E-state index >= 15 is 0 Å². The normalized spacial score (nSPS) is 33.0. The topological polar surface area (TPSA) is 121 Å². The van der Waals surface area contributed by atoms with E-state index in [2.05, 4.69) is 4.74 Å². The molecule has 3 fully saturated rings. The fraction of sp³-hybridized carbons (Fsp3) is 0.321. The lowest BCUT2D eigenvalue weighted by Gasteiger charge is -2.50. The quantitative estimate of drug-likeness (QED) is 0.322. The highest BCUT2D eigenvalue weighted by atomic mass is 35.5. The zero-order valence-electron chi connectivity index (χ0n) is 20.8. The van der Waals surface area contributed by atoms with Gasteiger partial charge in [-0.05, 0) is 49.1 Å². The van der Waals surface area contributed by atoms with Crippen molar-refractivity contribution in [1.82, 2.24) is 4.90 Å². The second-order valence-corrected chi connectivity index (χ2v) is 11.5. The molecular weight excluding hydrogens is 566 g/mol. The van der Waals surface area contributed by atoms with Crippen molar-refractivity contribution >= 4 is 58.6 Å². The number of ether oxygens (including phenoxy) is 1. The van der Waals surface area contributed by atoms with Crippen molar-refractivity contribution in [1.29, 1.82) is 0 Å². The molecule has 2 aromatic carbocycles. The van der Waals surface area contributed by atoms with E-state index in [9.17, 15) is 33.5 Å². The number of likely N-dealkylation sites (tertiary alicyclic amines) is 1. The zero-order chi connectivity index (χ0) is 28.7. The minimum absolute atomic E-state index is 0.0423. The van der Waals surface area contributed by atoms with Crippen molar-refractivity contribution in [2.75, 3.05) is 12.0 Å². The molecule has 1 saturated carbocycles. The molecule has 0 aromatic heterocycles. The number of alkyl halides is 2. The van der Waals surface area contributed by atoms with Crippen molar-refractivity contribution < 1.29 is 38.2 Å². The monoisotopic (exact) mass is 586 g/mol. The first-order chi connectivity index (χ1) is 19.0. The first-order valence-corrected chi connectivity index (χ1v) is 13.2. The van der Waals surface area contributed by atoms with Gasteiger partial charge in [0.25, 0.3) is 11.8 Å². The lowest BCUT2D eigenvalue weighted by molar-refractivity contribution is -0.138. The second kappa shape index (κ2) is 8.87. The van der Waals surface area contributed by atoms with Crippen LogP contribution in [0.5, 0.6) is 5.75 Å². The maximum Gasteiger partial charge on any atom is 0.423 e. The van der Waals surface area contributed by atoms with E-state index in [1.165, 1.54) is 24.3 Å². The number of methoxy groups -OCH3 is 1. The van der Waals surface area contributed by atoms with Crippen LogP contribution in [0.4, 0.5) is 14.9 Å². The van der Waals surface area contributed by atoms with Crippen molar-refractivity contribution in [3.05, 3.63) is 71.6 Å². The van der Waals surface area contributed by atoms with E-state index in [0.717, 1.165) is 24.1 Å². The number of amides is 5. The summed E-state index contributed by atoms with van der Waals surface area (Å²) in [6.45, 7) is 0. The number of hydrogen-bond donors (Lipinski definition) is 1. The number of carbonyl (C=O) groups is 5. The predicted octanol–water partition coefficient (Wildman–Crippen LogP) is 3.86. The van der Waals surface area contributed by atoms with E-state index in [1.807, 2.05) is 0 Å². The molecule has 40 heavy (non-hydrogen) atoms. The fourth-order valence-electron chi connectivity index (χ4n) is 6.75. The summed E-state index contributed by atoms with van der Waals surface area (Å²) < 4.78 is 18.3. The molecule has 5 amide bonds. The zero-order valence-corrected chi connectivity index (χ0v) is 22.4. The number of allylic oxidation sites excluding steroid dienone is 2. The summed E-state index contributed by atoms with van der Waals surface area (Å²) in [6, 6.07) is 10.8. The molecule has 206 valence electrons. The summed E-state index contributed by atoms with van der Waals surface area (Å²) in [5.74, 6) is -8.19. The Kier molecular flexibility index (Phi) is 5.87. The largest absolute Gasteiger partial charge is 0.508 e. The van der Waals surface area contributed by atoms with Gasteiger partial charge < -0.3 is 9.84 Å². The van der Waals surface area contributed by atoms with Gasteiger partial charge in [0.1, 0.15) is 11.6 Å². The number of rotatable bonds is 2. The molecule has 0 spiro atoms. The minimum atomic E-state index is -2.16.